The van der Waals surface area contributed by atoms with Gasteiger partial charge in [0.05, 0.1) is 11.8 Å². The van der Waals surface area contributed by atoms with E-state index in [1.165, 1.54) is 10.6 Å². The molecule has 6 rings (SSSR count). The highest BCUT2D eigenvalue weighted by atomic mass is 32.2. The number of sulfonamides is 1. The van der Waals surface area contributed by atoms with Crippen LogP contribution in [0, 0.1) is 5.92 Å². The minimum absolute atomic E-state index is 0.00626. The van der Waals surface area contributed by atoms with Gasteiger partial charge in [-0.1, -0.05) is 0 Å². The second-order valence-corrected chi connectivity index (χ2v) is 10.2. The fraction of sp³-hybridized carbons (Fsp3) is 0.611. The molecule has 8 nitrogen and oxygen atoms in total. The molecule has 2 aromatic heterocycles. The molecule has 0 radical (unpaired) electrons. The first-order valence-electron chi connectivity index (χ1n) is 9.45. The molecule has 0 unspecified atom stereocenters. The number of hydrogen-bond acceptors (Lipinski definition) is 6. The Morgan fingerprint density at radius 1 is 1.19 bits per heavy atom. The zero-order chi connectivity index (χ0) is 18.8. The van der Waals surface area contributed by atoms with Gasteiger partial charge in [-0.15, -0.1) is 0 Å². The quantitative estimate of drug-likeness (QED) is 0.842. The van der Waals surface area contributed by atoms with E-state index in [0.29, 0.717) is 37.5 Å². The van der Waals surface area contributed by atoms with Gasteiger partial charge in [0.15, 0.2) is 0 Å². The van der Waals surface area contributed by atoms with E-state index in [1.807, 2.05) is 4.57 Å². The Morgan fingerprint density at radius 3 is 2.48 bits per heavy atom. The van der Waals surface area contributed by atoms with Crippen molar-refractivity contribution in [3.63, 3.8) is 0 Å². The van der Waals surface area contributed by atoms with Gasteiger partial charge >= 0.3 is 0 Å². The standard InChI is InChI=1S/C18H23N5O3S/c1-27(25,26)22-6-4-14(5-7-22)20-17-19-11-13-2-3-15(24)23(16(13)21-17)18-8-12(9-18)10-18/h2-3,11-12,14H,4-10H2,1H3,(H,19,20,21). The number of piperidine rings is 1. The van der Waals surface area contributed by atoms with E-state index in [2.05, 4.69) is 15.3 Å². The molecule has 3 aliphatic carbocycles. The van der Waals surface area contributed by atoms with Crippen LogP contribution in [0.1, 0.15) is 32.1 Å². The van der Waals surface area contributed by atoms with E-state index in [4.69, 9.17) is 0 Å². The number of nitrogens with one attached hydrogen (secondary N) is 1. The van der Waals surface area contributed by atoms with Gasteiger partial charge in [0, 0.05) is 36.8 Å². The lowest BCUT2D eigenvalue weighted by Gasteiger charge is -2.62. The molecule has 3 saturated carbocycles. The first-order chi connectivity index (χ1) is 12.8. The molecule has 3 heterocycles. The van der Waals surface area contributed by atoms with E-state index in [-0.39, 0.29) is 17.1 Å². The minimum atomic E-state index is -3.13. The van der Waals surface area contributed by atoms with E-state index < -0.39 is 10.0 Å². The monoisotopic (exact) mass is 389 g/mol. The van der Waals surface area contributed by atoms with E-state index >= 15 is 0 Å². The highest BCUT2D eigenvalue weighted by Crippen LogP contribution is 2.62. The maximum absolute atomic E-state index is 12.5. The predicted molar refractivity (Wildman–Crippen MR) is 102 cm³/mol. The summed E-state index contributed by atoms with van der Waals surface area (Å²) in [6.45, 7) is 0.999. The zero-order valence-corrected chi connectivity index (χ0v) is 16.1. The summed E-state index contributed by atoms with van der Waals surface area (Å²) < 4.78 is 26.7. The van der Waals surface area contributed by atoms with Gasteiger partial charge in [0.25, 0.3) is 5.56 Å². The number of hydrogen-bond donors (Lipinski definition) is 1. The Balaban J connectivity index is 1.41. The summed E-state index contributed by atoms with van der Waals surface area (Å²) in [7, 11) is -3.13. The summed E-state index contributed by atoms with van der Waals surface area (Å²) in [5.41, 5.74) is 0.673. The Bertz CT molecular complexity index is 1060. The van der Waals surface area contributed by atoms with Crippen molar-refractivity contribution in [3.8, 4) is 0 Å². The molecule has 0 spiro atoms. The van der Waals surface area contributed by atoms with Crippen molar-refractivity contribution < 1.29 is 8.42 Å². The molecular weight excluding hydrogens is 366 g/mol. The van der Waals surface area contributed by atoms with Crippen molar-refractivity contribution >= 4 is 27.0 Å². The first kappa shape index (κ1) is 17.1. The smallest absolute Gasteiger partial charge is 0.252 e. The Morgan fingerprint density at radius 2 is 1.89 bits per heavy atom. The van der Waals surface area contributed by atoms with Crippen LogP contribution < -0.4 is 10.9 Å². The number of anilines is 1. The Labute approximate surface area is 157 Å². The third-order valence-electron chi connectivity index (χ3n) is 6.37. The lowest BCUT2D eigenvalue weighted by atomic mass is 9.49. The Kier molecular flexibility index (Phi) is 3.64. The molecule has 1 N–H and O–H groups in total. The van der Waals surface area contributed by atoms with Crippen LogP contribution in [0.25, 0.3) is 11.0 Å². The molecule has 2 bridgehead atoms. The molecule has 0 atom stereocenters. The van der Waals surface area contributed by atoms with Crippen LogP contribution in [0.2, 0.25) is 0 Å². The first-order valence-corrected chi connectivity index (χ1v) is 11.3. The average Bonchev–Trinajstić information content (AvgIpc) is 2.54. The van der Waals surface area contributed by atoms with Gasteiger partial charge in [-0.3, -0.25) is 9.36 Å². The van der Waals surface area contributed by atoms with Gasteiger partial charge in [-0.25, -0.2) is 17.7 Å². The number of fused-ring (bicyclic) bond motifs is 1. The predicted octanol–water partition coefficient (Wildman–Crippen LogP) is 1.14. The van der Waals surface area contributed by atoms with E-state index in [9.17, 15) is 13.2 Å². The molecule has 1 aliphatic heterocycles. The highest BCUT2D eigenvalue weighted by molar-refractivity contribution is 7.88. The average molecular weight is 389 g/mol. The molecule has 9 heteroatoms. The molecule has 0 aromatic carbocycles. The van der Waals surface area contributed by atoms with E-state index in [0.717, 1.165) is 30.6 Å². The van der Waals surface area contributed by atoms with Crippen molar-refractivity contribution in [1.29, 1.82) is 0 Å². The summed E-state index contributed by atoms with van der Waals surface area (Å²) in [4.78, 5) is 21.6. The lowest BCUT2D eigenvalue weighted by molar-refractivity contribution is -0.0883. The van der Waals surface area contributed by atoms with Gasteiger partial charge in [-0.05, 0) is 44.1 Å². The van der Waals surface area contributed by atoms with Crippen molar-refractivity contribution in [2.24, 2.45) is 5.92 Å². The maximum atomic E-state index is 12.5. The number of aromatic nitrogens is 3. The molecule has 2 aromatic rings. The SMILES string of the molecule is CS(=O)(=O)N1CCC(Nc2ncc3ccc(=O)n(C45CC(C4)C5)c3n2)CC1. The second-order valence-electron chi connectivity index (χ2n) is 8.26. The second kappa shape index (κ2) is 5.75. The Hall–Kier alpha value is -2.00. The van der Waals surface area contributed by atoms with Crippen LogP contribution in [-0.4, -0.2) is 52.6 Å². The summed E-state index contributed by atoms with van der Waals surface area (Å²) >= 11 is 0. The van der Waals surface area contributed by atoms with Crippen LogP contribution in [0.5, 0.6) is 0 Å². The third-order valence-corrected chi connectivity index (χ3v) is 7.67. The van der Waals surface area contributed by atoms with Gasteiger partial charge in [0.1, 0.15) is 5.65 Å². The third kappa shape index (κ3) is 2.75. The molecule has 4 fully saturated rings. The molecule has 144 valence electrons. The summed E-state index contributed by atoms with van der Waals surface area (Å²) in [5.74, 6) is 1.28. The summed E-state index contributed by atoms with van der Waals surface area (Å²) in [6.07, 6.45) is 7.65. The number of rotatable bonds is 4. The molecule has 4 aliphatic rings. The fourth-order valence-electron chi connectivity index (χ4n) is 4.77. The normalized spacial score (nSPS) is 28.6. The van der Waals surface area contributed by atoms with Crippen molar-refractivity contribution in [1.82, 2.24) is 18.8 Å². The van der Waals surface area contributed by atoms with Gasteiger partial charge < -0.3 is 5.32 Å². The van der Waals surface area contributed by atoms with Crippen LogP contribution >= 0.6 is 0 Å². The molecule has 1 saturated heterocycles. The summed E-state index contributed by atoms with van der Waals surface area (Å²) in [5, 5.41) is 4.20. The minimum Gasteiger partial charge on any atom is -0.351 e. The number of nitrogens with zero attached hydrogens (tertiary/aromatic N) is 4. The lowest BCUT2D eigenvalue weighted by Crippen LogP contribution is -2.62. The molecule has 27 heavy (non-hydrogen) atoms. The largest absolute Gasteiger partial charge is 0.351 e. The number of pyridine rings is 1. The zero-order valence-electron chi connectivity index (χ0n) is 15.3. The maximum Gasteiger partial charge on any atom is 0.252 e. The van der Waals surface area contributed by atoms with Gasteiger partial charge in [-0.2, -0.15) is 4.98 Å². The van der Waals surface area contributed by atoms with Crippen LogP contribution in [0.3, 0.4) is 0 Å². The van der Waals surface area contributed by atoms with Crippen LogP contribution in [0.15, 0.2) is 23.1 Å². The van der Waals surface area contributed by atoms with Crippen LogP contribution in [0.4, 0.5) is 5.95 Å². The van der Waals surface area contributed by atoms with Crippen molar-refractivity contribution in [2.75, 3.05) is 24.7 Å². The van der Waals surface area contributed by atoms with Crippen molar-refractivity contribution in [3.05, 3.63) is 28.7 Å². The molecule has 0 amide bonds. The highest BCUT2D eigenvalue weighted by Gasteiger charge is 2.58. The van der Waals surface area contributed by atoms with Crippen molar-refractivity contribution in [2.45, 2.75) is 43.7 Å². The fourth-order valence-corrected chi connectivity index (χ4v) is 5.64. The van der Waals surface area contributed by atoms with Crippen LogP contribution in [-0.2, 0) is 15.6 Å². The molecular formula is C18H23N5O3S. The van der Waals surface area contributed by atoms with Gasteiger partial charge in [0.2, 0.25) is 16.0 Å². The summed E-state index contributed by atoms with van der Waals surface area (Å²) in [6, 6.07) is 3.52. The van der Waals surface area contributed by atoms with E-state index in [1.54, 1.807) is 18.3 Å². The topological polar surface area (TPSA) is 97.2 Å².